The second-order valence-electron chi connectivity index (χ2n) is 5.51. The third kappa shape index (κ3) is 4.14. The minimum Gasteiger partial charge on any atom is -0.481 e. The molecular weight excluding hydrogens is 350 g/mol. The normalized spacial score (nSPS) is 14.5. The summed E-state index contributed by atoms with van der Waals surface area (Å²) < 4.78 is 31.5. The number of rotatable bonds is 4. The lowest BCUT2D eigenvalue weighted by Gasteiger charge is -2.34. The Hall–Kier alpha value is -2.48. The van der Waals surface area contributed by atoms with Gasteiger partial charge in [0.25, 0.3) is 11.8 Å². The van der Waals surface area contributed by atoms with Crippen LogP contribution < -0.4 is 4.74 Å². The summed E-state index contributed by atoms with van der Waals surface area (Å²) in [6, 6.07) is 6.52. The van der Waals surface area contributed by atoms with Gasteiger partial charge in [-0.15, -0.1) is 11.3 Å². The number of thiophene rings is 1. The molecule has 1 saturated heterocycles. The summed E-state index contributed by atoms with van der Waals surface area (Å²) in [5.74, 6) is -2.05. The molecule has 2 amide bonds. The van der Waals surface area contributed by atoms with Crippen molar-refractivity contribution in [3.05, 3.63) is 52.2 Å². The highest BCUT2D eigenvalue weighted by Crippen LogP contribution is 2.18. The molecule has 2 heterocycles. The van der Waals surface area contributed by atoms with E-state index in [1.54, 1.807) is 15.9 Å². The number of ether oxygens (including phenoxy) is 1. The Bertz CT molecular complexity index is 759. The molecule has 1 aromatic heterocycles. The van der Waals surface area contributed by atoms with Crippen LogP contribution >= 0.6 is 11.3 Å². The maximum absolute atomic E-state index is 13.5. The first kappa shape index (κ1) is 17.3. The maximum atomic E-state index is 13.5. The van der Waals surface area contributed by atoms with E-state index in [0.29, 0.717) is 37.1 Å². The van der Waals surface area contributed by atoms with Crippen LogP contribution in [0.5, 0.6) is 5.75 Å². The number of carbonyl (C=O) groups excluding carboxylic acids is 2. The summed E-state index contributed by atoms with van der Waals surface area (Å²) in [5, 5.41) is 1.85. The molecule has 132 valence electrons. The SMILES string of the molecule is O=C(COc1ccc(F)cc1F)N1CCN(C(=O)c2cccs2)CC1. The van der Waals surface area contributed by atoms with E-state index in [4.69, 9.17) is 4.74 Å². The molecule has 1 aliphatic rings. The molecule has 0 unspecified atom stereocenters. The zero-order valence-electron chi connectivity index (χ0n) is 13.3. The summed E-state index contributed by atoms with van der Waals surface area (Å²) in [6.45, 7) is 1.33. The lowest BCUT2D eigenvalue weighted by atomic mass is 10.3. The summed E-state index contributed by atoms with van der Waals surface area (Å²) in [4.78, 5) is 28.4. The minimum atomic E-state index is -0.848. The molecule has 25 heavy (non-hydrogen) atoms. The van der Waals surface area contributed by atoms with Crippen molar-refractivity contribution in [1.29, 1.82) is 0 Å². The molecule has 8 heteroatoms. The van der Waals surface area contributed by atoms with E-state index in [2.05, 4.69) is 0 Å². The lowest BCUT2D eigenvalue weighted by Crippen LogP contribution is -2.51. The van der Waals surface area contributed by atoms with Crippen LogP contribution in [-0.4, -0.2) is 54.4 Å². The Morgan fingerprint density at radius 1 is 1.08 bits per heavy atom. The van der Waals surface area contributed by atoms with Crippen molar-refractivity contribution in [2.45, 2.75) is 0 Å². The summed E-state index contributed by atoms with van der Waals surface area (Å²) in [5.41, 5.74) is 0. The van der Waals surface area contributed by atoms with Crippen LogP contribution in [0.1, 0.15) is 9.67 Å². The second-order valence-corrected chi connectivity index (χ2v) is 6.46. The highest BCUT2D eigenvalue weighted by atomic mass is 32.1. The van der Waals surface area contributed by atoms with Gasteiger partial charge in [0, 0.05) is 32.2 Å². The zero-order valence-corrected chi connectivity index (χ0v) is 14.1. The molecule has 1 aliphatic heterocycles. The van der Waals surface area contributed by atoms with Gasteiger partial charge in [-0.2, -0.15) is 0 Å². The smallest absolute Gasteiger partial charge is 0.264 e. The first-order valence-electron chi connectivity index (χ1n) is 7.73. The van der Waals surface area contributed by atoms with Crippen molar-refractivity contribution in [1.82, 2.24) is 9.80 Å². The molecule has 5 nitrogen and oxygen atoms in total. The zero-order chi connectivity index (χ0) is 17.8. The molecule has 0 spiro atoms. The van der Waals surface area contributed by atoms with Crippen molar-refractivity contribution in [2.24, 2.45) is 0 Å². The first-order valence-corrected chi connectivity index (χ1v) is 8.61. The van der Waals surface area contributed by atoms with E-state index in [1.807, 2.05) is 11.4 Å². The van der Waals surface area contributed by atoms with Gasteiger partial charge in [0.05, 0.1) is 4.88 Å². The van der Waals surface area contributed by atoms with Gasteiger partial charge in [0.15, 0.2) is 18.2 Å². The number of piperazine rings is 1. The molecule has 0 N–H and O–H groups in total. The predicted molar refractivity (Wildman–Crippen MR) is 88.7 cm³/mol. The number of hydrogen-bond acceptors (Lipinski definition) is 4. The molecule has 1 fully saturated rings. The number of halogens is 2. The standard InChI is InChI=1S/C17H16F2N2O3S/c18-12-3-4-14(13(19)10-12)24-11-16(22)20-5-7-21(8-6-20)17(23)15-2-1-9-25-15/h1-4,9-10H,5-8,11H2. The van der Waals surface area contributed by atoms with Gasteiger partial charge in [0.2, 0.25) is 0 Å². The minimum absolute atomic E-state index is 0.0354. The third-order valence-electron chi connectivity index (χ3n) is 3.90. The first-order chi connectivity index (χ1) is 12.0. The van der Waals surface area contributed by atoms with Crippen LogP contribution in [0.15, 0.2) is 35.7 Å². The molecule has 3 rings (SSSR count). The third-order valence-corrected chi connectivity index (χ3v) is 4.75. The fourth-order valence-electron chi connectivity index (χ4n) is 2.54. The summed E-state index contributed by atoms with van der Waals surface area (Å²) >= 11 is 1.39. The quantitative estimate of drug-likeness (QED) is 0.835. The molecule has 0 saturated carbocycles. The maximum Gasteiger partial charge on any atom is 0.264 e. The van der Waals surface area contributed by atoms with Crippen molar-refractivity contribution >= 4 is 23.2 Å². The van der Waals surface area contributed by atoms with Crippen LogP contribution in [0.3, 0.4) is 0 Å². The van der Waals surface area contributed by atoms with E-state index in [1.165, 1.54) is 11.3 Å². The van der Waals surface area contributed by atoms with Crippen molar-refractivity contribution < 1.29 is 23.1 Å². The monoisotopic (exact) mass is 366 g/mol. The van der Waals surface area contributed by atoms with Gasteiger partial charge >= 0.3 is 0 Å². The van der Waals surface area contributed by atoms with E-state index in [-0.39, 0.29) is 24.2 Å². The van der Waals surface area contributed by atoms with Crippen molar-refractivity contribution in [3.63, 3.8) is 0 Å². The Kier molecular flexibility index (Phi) is 5.28. The Morgan fingerprint density at radius 2 is 1.80 bits per heavy atom. The highest BCUT2D eigenvalue weighted by molar-refractivity contribution is 7.12. The second kappa shape index (κ2) is 7.60. The average Bonchev–Trinajstić information content (AvgIpc) is 3.15. The number of nitrogens with zero attached hydrogens (tertiary/aromatic N) is 2. The van der Waals surface area contributed by atoms with Crippen LogP contribution in [0, 0.1) is 11.6 Å². The van der Waals surface area contributed by atoms with Crippen LogP contribution in [0.4, 0.5) is 8.78 Å². The van der Waals surface area contributed by atoms with Crippen LogP contribution in [0.2, 0.25) is 0 Å². The molecular formula is C17H16F2N2O3S. The fourth-order valence-corrected chi connectivity index (χ4v) is 3.23. The Morgan fingerprint density at radius 3 is 2.44 bits per heavy atom. The predicted octanol–water partition coefficient (Wildman–Crippen LogP) is 2.39. The van der Waals surface area contributed by atoms with Gasteiger partial charge in [-0.3, -0.25) is 9.59 Å². The molecule has 1 aromatic carbocycles. The van der Waals surface area contributed by atoms with Gasteiger partial charge in [-0.1, -0.05) is 6.07 Å². The number of amides is 2. The van der Waals surface area contributed by atoms with Crippen molar-refractivity contribution in [2.75, 3.05) is 32.8 Å². The topological polar surface area (TPSA) is 49.9 Å². The van der Waals surface area contributed by atoms with Gasteiger partial charge in [-0.25, -0.2) is 8.78 Å². The fraction of sp³-hybridized carbons (Fsp3) is 0.294. The molecule has 0 bridgehead atoms. The largest absolute Gasteiger partial charge is 0.481 e. The Labute approximate surface area is 147 Å². The summed E-state index contributed by atoms with van der Waals surface area (Å²) in [7, 11) is 0. The van der Waals surface area contributed by atoms with E-state index >= 15 is 0 Å². The van der Waals surface area contributed by atoms with Crippen LogP contribution in [-0.2, 0) is 4.79 Å². The van der Waals surface area contributed by atoms with Gasteiger partial charge in [-0.05, 0) is 23.6 Å². The Balaban J connectivity index is 1.49. The lowest BCUT2D eigenvalue weighted by molar-refractivity contribution is -0.134. The molecule has 0 aliphatic carbocycles. The van der Waals surface area contributed by atoms with E-state index in [9.17, 15) is 18.4 Å². The van der Waals surface area contributed by atoms with Gasteiger partial charge in [0.1, 0.15) is 5.82 Å². The summed E-state index contributed by atoms with van der Waals surface area (Å²) in [6.07, 6.45) is 0. The number of hydrogen-bond donors (Lipinski definition) is 0. The van der Waals surface area contributed by atoms with Gasteiger partial charge < -0.3 is 14.5 Å². The number of benzene rings is 1. The van der Waals surface area contributed by atoms with Crippen LogP contribution in [0.25, 0.3) is 0 Å². The number of carbonyl (C=O) groups is 2. The molecule has 2 aromatic rings. The van der Waals surface area contributed by atoms with E-state index < -0.39 is 11.6 Å². The van der Waals surface area contributed by atoms with Crippen molar-refractivity contribution in [3.8, 4) is 5.75 Å². The highest BCUT2D eigenvalue weighted by Gasteiger charge is 2.25. The molecule has 0 radical (unpaired) electrons. The average molecular weight is 366 g/mol. The van der Waals surface area contributed by atoms with E-state index in [0.717, 1.165) is 12.1 Å². The molecule has 0 atom stereocenters.